The number of hydrogen-bond donors (Lipinski definition) is 1. The van der Waals surface area contributed by atoms with Gasteiger partial charge < -0.3 is 9.84 Å². The molecule has 3 aliphatic rings. The highest BCUT2D eigenvalue weighted by Gasteiger charge is 2.64. The van der Waals surface area contributed by atoms with E-state index in [0.29, 0.717) is 22.7 Å². The third-order valence-corrected chi connectivity index (χ3v) is 7.58. The van der Waals surface area contributed by atoms with Crippen molar-refractivity contribution in [1.29, 1.82) is 0 Å². The van der Waals surface area contributed by atoms with Crippen LogP contribution in [0.4, 0.5) is 0 Å². The fraction of sp³-hybridized carbons (Fsp3) is 1.00. The fourth-order valence-corrected chi connectivity index (χ4v) is 5.80. The first-order chi connectivity index (χ1) is 8.85. The maximum atomic E-state index is 10.9. The number of aliphatic hydroxyl groups is 1. The van der Waals surface area contributed by atoms with Crippen LogP contribution in [0.1, 0.15) is 65.7 Å². The van der Waals surface area contributed by atoms with E-state index in [2.05, 4.69) is 20.8 Å². The summed E-state index contributed by atoms with van der Waals surface area (Å²) in [6.07, 6.45) is 8.37. The van der Waals surface area contributed by atoms with Crippen LogP contribution in [-0.2, 0) is 4.74 Å². The van der Waals surface area contributed by atoms with Crippen molar-refractivity contribution in [2.75, 3.05) is 7.11 Å². The lowest BCUT2D eigenvalue weighted by molar-refractivity contribution is -0.256. The van der Waals surface area contributed by atoms with Gasteiger partial charge in [0.25, 0.3) is 0 Å². The molecule has 3 saturated carbocycles. The van der Waals surface area contributed by atoms with Crippen LogP contribution in [0.3, 0.4) is 0 Å². The first-order valence-electron chi connectivity index (χ1n) is 8.13. The molecule has 5 atom stereocenters. The molecule has 0 aromatic rings. The lowest BCUT2D eigenvalue weighted by Gasteiger charge is -2.49. The lowest BCUT2D eigenvalue weighted by Crippen LogP contribution is -2.50. The van der Waals surface area contributed by atoms with Gasteiger partial charge in [-0.15, -0.1) is 0 Å². The van der Waals surface area contributed by atoms with E-state index in [0.717, 1.165) is 25.2 Å². The average molecular weight is 266 g/mol. The molecular weight excluding hydrogens is 236 g/mol. The summed E-state index contributed by atoms with van der Waals surface area (Å²) < 4.78 is 5.58. The molecule has 5 unspecified atom stereocenters. The minimum atomic E-state index is -0.855. The molecule has 2 nitrogen and oxygen atoms in total. The molecule has 0 aliphatic heterocycles. The van der Waals surface area contributed by atoms with E-state index in [4.69, 9.17) is 4.74 Å². The average Bonchev–Trinajstić information content (AvgIpc) is 2.72. The SMILES string of the molecule is COC1(O)CCCCC1C1CC2CCC1(C)C2(C)C. The summed E-state index contributed by atoms with van der Waals surface area (Å²) in [5, 5.41) is 10.9. The summed E-state index contributed by atoms with van der Waals surface area (Å²) in [6, 6.07) is 0. The molecule has 0 saturated heterocycles. The largest absolute Gasteiger partial charge is 0.365 e. The van der Waals surface area contributed by atoms with Crippen molar-refractivity contribution in [3.63, 3.8) is 0 Å². The Kier molecular flexibility index (Phi) is 3.07. The van der Waals surface area contributed by atoms with Gasteiger partial charge in [0.15, 0.2) is 5.79 Å². The van der Waals surface area contributed by atoms with Crippen molar-refractivity contribution in [2.24, 2.45) is 28.6 Å². The van der Waals surface area contributed by atoms with Gasteiger partial charge in [-0.25, -0.2) is 0 Å². The van der Waals surface area contributed by atoms with Gasteiger partial charge in [0.1, 0.15) is 0 Å². The Morgan fingerprint density at radius 2 is 1.74 bits per heavy atom. The van der Waals surface area contributed by atoms with E-state index >= 15 is 0 Å². The number of hydrogen-bond acceptors (Lipinski definition) is 2. The van der Waals surface area contributed by atoms with Crippen molar-refractivity contribution in [3.8, 4) is 0 Å². The van der Waals surface area contributed by atoms with E-state index in [1.165, 1.54) is 25.7 Å². The second-order valence-electron chi connectivity index (χ2n) is 8.12. The molecule has 2 bridgehead atoms. The Morgan fingerprint density at radius 1 is 1.00 bits per heavy atom. The van der Waals surface area contributed by atoms with E-state index < -0.39 is 5.79 Å². The predicted octanol–water partition coefficient (Wildman–Crippen LogP) is 3.97. The molecule has 0 spiro atoms. The van der Waals surface area contributed by atoms with Crippen LogP contribution < -0.4 is 0 Å². The minimum Gasteiger partial charge on any atom is -0.365 e. The van der Waals surface area contributed by atoms with Gasteiger partial charge in [-0.1, -0.05) is 27.2 Å². The molecule has 3 rings (SSSR count). The Hall–Kier alpha value is -0.0800. The number of fused-ring (bicyclic) bond motifs is 2. The van der Waals surface area contributed by atoms with Crippen molar-refractivity contribution in [1.82, 2.24) is 0 Å². The van der Waals surface area contributed by atoms with Gasteiger partial charge in [0.2, 0.25) is 0 Å². The molecule has 3 fully saturated rings. The van der Waals surface area contributed by atoms with Gasteiger partial charge in [-0.3, -0.25) is 0 Å². The molecule has 0 amide bonds. The van der Waals surface area contributed by atoms with Crippen LogP contribution in [0.2, 0.25) is 0 Å². The second-order valence-corrected chi connectivity index (χ2v) is 8.12. The zero-order valence-corrected chi connectivity index (χ0v) is 13.0. The molecule has 0 heterocycles. The third-order valence-electron chi connectivity index (χ3n) is 7.58. The standard InChI is InChI=1S/C17H30O2/c1-15(2)12-8-10-16(15,3)14(11-12)13-7-5-6-9-17(13,18)19-4/h12-14,18H,5-11H2,1-4H3. The van der Waals surface area contributed by atoms with Crippen LogP contribution in [0.25, 0.3) is 0 Å². The normalized spacial score (nSPS) is 52.6. The third kappa shape index (κ3) is 1.68. The van der Waals surface area contributed by atoms with Gasteiger partial charge in [-0.05, 0) is 54.8 Å². The number of rotatable bonds is 2. The number of methoxy groups -OCH3 is 1. The monoisotopic (exact) mass is 266 g/mol. The predicted molar refractivity (Wildman–Crippen MR) is 76.6 cm³/mol. The van der Waals surface area contributed by atoms with E-state index in [-0.39, 0.29) is 0 Å². The molecule has 110 valence electrons. The maximum Gasteiger partial charge on any atom is 0.168 e. The van der Waals surface area contributed by atoms with Gasteiger partial charge in [0, 0.05) is 19.4 Å². The summed E-state index contributed by atoms with van der Waals surface area (Å²) in [4.78, 5) is 0. The highest BCUT2D eigenvalue weighted by atomic mass is 16.6. The molecule has 3 aliphatic carbocycles. The van der Waals surface area contributed by atoms with Crippen molar-refractivity contribution in [3.05, 3.63) is 0 Å². The summed E-state index contributed by atoms with van der Waals surface area (Å²) in [5.41, 5.74) is 0.829. The zero-order chi connectivity index (χ0) is 13.9. The van der Waals surface area contributed by atoms with Crippen molar-refractivity contribution >= 4 is 0 Å². The van der Waals surface area contributed by atoms with Gasteiger partial charge >= 0.3 is 0 Å². The maximum absolute atomic E-state index is 10.9. The van der Waals surface area contributed by atoms with Crippen molar-refractivity contribution < 1.29 is 9.84 Å². The molecule has 1 N–H and O–H groups in total. The van der Waals surface area contributed by atoms with Gasteiger partial charge in [-0.2, -0.15) is 0 Å². The number of ether oxygens (including phenoxy) is 1. The molecule has 0 aromatic carbocycles. The zero-order valence-electron chi connectivity index (χ0n) is 13.0. The Morgan fingerprint density at radius 3 is 2.26 bits per heavy atom. The Labute approximate surface area is 117 Å². The molecule has 19 heavy (non-hydrogen) atoms. The molecule has 0 radical (unpaired) electrons. The lowest BCUT2D eigenvalue weighted by atomic mass is 9.60. The molecule has 2 heteroatoms. The summed E-state index contributed by atoms with van der Waals surface area (Å²) in [5.74, 6) is 0.991. The van der Waals surface area contributed by atoms with Crippen molar-refractivity contribution in [2.45, 2.75) is 71.5 Å². The summed E-state index contributed by atoms with van der Waals surface area (Å²) in [7, 11) is 1.69. The van der Waals surface area contributed by atoms with Gasteiger partial charge in [0.05, 0.1) is 0 Å². The van der Waals surface area contributed by atoms with Crippen LogP contribution in [0, 0.1) is 28.6 Å². The first kappa shape index (κ1) is 13.9. The van der Waals surface area contributed by atoms with Crippen LogP contribution in [-0.4, -0.2) is 18.0 Å². The van der Waals surface area contributed by atoms with E-state index in [1.54, 1.807) is 7.11 Å². The van der Waals surface area contributed by atoms with Crippen LogP contribution >= 0.6 is 0 Å². The highest BCUT2D eigenvalue weighted by Crippen LogP contribution is 2.71. The Balaban J connectivity index is 1.91. The second kappa shape index (κ2) is 4.21. The minimum absolute atomic E-state index is 0.348. The van der Waals surface area contributed by atoms with Crippen LogP contribution in [0.15, 0.2) is 0 Å². The molecular formula is C17H30O2. The highest BCUT2D eigenvalue weighted by molar-refractivity contribution is 5.12. The quantitative estimate of drug-likeness (QED) is 0.766. The van der Waals surface area contributed by atoms with E-state index in [1.807, 2.05) is 0 Å². The smallest absolute Gasteiger partial charge is 0.168 e. The summed E-state index contributed by atoms with van der Waals surface area (Å²) in [6.45, 7) is 7.40. The van der Waals surface area contributed by atoms with E-state index in [9.17, 15) is 5.11 Å². The first-order valence-corrected chi connectivity index (χ1v) is 8.13. The van der Waals surface area contributed by atoms with Crippen LogP contribution in [0.5, 0.6) is 0 Å². The molecule has 0 aromatic heterocycles. The summed E-state index contributed by atoms with van der Waals surface area (Å²) >= 11 is 0. The topological polar surface area (TPSA) is 29.5 Å². The fourth-order valence-electron chi connectivity index (χ4n) is 5.80. The Bertz CT molecular complexity index is 364.